The van der Waals surface area contributed by atoms with Gasteiger partial charge in [0.1, 0.15) is 0 Å². The highest BCUT2D eigenvalue weighted by Gasteiger charge is 2.11. The van der Waals surface area contributed by atoms with E-state index in [4.69, 9.17) is 0 Å². The van der Waals surface area contributed by atoms with Gasteiger partial charge in [0.05, 0.1) is 11.4 Å². The zero-order valence-electron chi connectivity index (χ0n) is 11.5. The second-order valence-corrected chi connectivity index (χ2v) is 7.14. The van der Waals surface area contributed by atoms with Crippen molar-refractivity contribution in [2.45, 2.75) is 30.4 Å². The third kappa shape index (κ3) is 4.87. The maximum atomic E-state index is 4.23. The van der Waals surface area contributed by atoms with E-state index in [0.717, 1.165) is 11.4 Å². The van der Waals surface area contributed by atoms with Crippen LogP contribution in [0.1, 0.15) is 20.8 Å². The number of benzene rings is 2. The van der Waals surface area contributed by atoms with E-state index in [-0.39, 0.29) is 4.75 Å². The average molecular weight is 270 g/mol. The average Bonchev–Trinajstić information content (AvgIpc) is 2.37. The zero-order chi connectivity index (χ0) is 13.7. The summed E-state index contributed by atoms with van der Waals surface area (Å²) in [6.45, 7) is 6.63. The van der Waals surface area contributed by atoms with Crippen molar-refractivity contribution in [3.63, 3.8) is 0 Å². The fraction of sp³-hybridized carbons (Fsp3) is 0.250. The van der Waals surface area contributed by atoms with Crippen molar-refractivity contribution in [1.82, 2.24) is 0 Å². The molecule has 98 valence electrons. The lowest BCUT2D eigenvalue weighted by atomic mass is 10.3. The topological polar surface area (TPSA) is 24.7 Å². The standard InChI is InChI=1S/C16H18N2S/c1-16(2,3)19-15-11-9-14(10-12-15)18-17-13-7-5-4-6-8-13/h4-12H,1-3H3/b18-17+. The van der Waals surface area contributed by atoms with E-state index in [0.29, 0.717) is 0 Å². The first kappa shape index (κ1) is 13.8. The monoisotopic (exact) mass is 270 g/mol. The smallest absolute Gasteiger partial charge is 0.0857 e. The third-order valence-corrected chi connectivity index (χ3v) is 3.42. The second-order valence-electron chi connectivity index (χ2n) is 5.24. The lowest BCUT2D eigenvalue weighted by molar-refractivity contribution is 0.803. The number of nitrogens with zero attached hydrogens (tertiary/aromatic N) is 2. The molecule has 19 heavy (non-hydrogen) atoms. The molecule has 0 heterocycles. The first-order valence-electron chi connectivity index (χ1n) is 6.29. The maximum absolute atomic E-state index is 4.23. The Kier molecular flexibility index (Phi) is 4.38. The molecule has 0 bridgehead atoms. The molecule has 0 N–H and O–H groups in total. The van der Waals surface area contributed by atoms with Crippen LogP contribution in [0, 0.1) is 0 Å². The summed E-state index contributed by atoms with van der Waals surface area (Å²) in [5, 5.41) is 8.43. The van der Waals surface area contributed by atoms with Gasteiger partial charge in [0.15, 0.2) is 0 Å². The van der Waals surface area contributed by atoms with Crippen molar-refractivity contribution in [3.05, 3.63) is 54.6 Å². The highest BCUT2D eigenvalue weighted by molar-refractivity contribution is 8.00. The van der Waals surface area contributed by atoms with E-state index in [2.05, 4.69) is 43.1 Å². The largest absolute Gasteiger partial charge is 0.151 e. The van der Waals surface area contributed by atoms with Gasteiger partial charge in [0.25, 0.3) is 0 Å². The van der Waals surface area contributed by atoms with Crippen LogP contribution >= 0.6 is 11.8 Å². The van der Waals surface area contributed by atoms with Gasteiger partial charge in [0, 0.05) is 9.64 Å². The van der Waals surface area contributed by atoms with Crippen LogP contribution < -0.4 is 0 Å². The van der Waals surface area contributed by atoms with Crippen LogP contribution in [0.15, 0.2) is 69.7 Å². The maximum Gasteiger partial charge on any atom is 0.0857 e. The molecule has 2 aromatic carbocycles. The molecular formula is C16H18N2S. The molecule has 0 fully saturated rings. The molecular weight excluding hydrogens is 252 g/mol. The molecule has 0 unspecified atom stereocenters. The fourth-order valence-electron chi connectivity index (χ4n) is 1.54. The number of hydrogen-bond donors (Lipinski definition) is 0. The summed E-state index contributed by atoms with van der Waals surface area (Å²) in [7, 11) is 0. The molecule has 0 aliphatic rings. The molecule has 0 aliphatic heterocycles. The first-order valence-corrected chi connectivity index (χ1v) is 7.10. The molecule has 0 saturated heterocycles. The normalized spacial score (nSPS) is 11.9. The Balaban J connectivity index is 2.05. The van der Waals surface area contributed by atoms with Crippen LogP contribution in [0.25, 0.3) is 0 Å². The van der Waals surface area contributed by atoms with E-state index in [9.17, 15) is 0 Å². The van der Waals surface area contributed by atoms with Gasteiger partial charge in [-0.25, -0.2) is 0 Å². The van der Waals surface area contributed by atoms with Gasteiger partial charge in [-0.1, -0.05) is 39.0 Å². The van der Waals surface area contributed by atoms with Crippen molar-refractivity contribution in [1.29, 1.82) is 0 Å². The van der Waals surface area contributed by atoms with Crippen LogP contribution in [0.5, 0.6) is 0 Å². The minimum atomic E-state index is 0.229. The van der Waals surface area contributed by atoms with Crippen molar-refractivity contribution in [2.75, 3.05) is 0 Å². The predicted molar refractivity (Wildman–Crippen MR) is 82.7 cm³/mol. The van der Waals surface area contributed by atoms with Crippen LogP contribution in [-0.2, 0) is 0 Å². The summed E-state index contributed by atoms with van der Waals surface area (Å²) in [5.74, 6) is 0. The highest BCUT2D eigenvalue weighted by Crippen LogP contribution is 2.32. The first-order chi connectivity index (χ1) is 9.03. The molecule has 0 aromatic heterocycles. The molecule has 2 aromatic rings. The van der Waals surface area contributed by atoms with E-state index in [1.165, 1.54) is 4.90 Å². The van der Waals surface area contributed by atoms with Crippen LogP contribution in [-0.4, -0.2) is 4.75 Å². The Morgan fingerprint density at radius 3 is 1.79 bits per heavy atom. The van der Waals surface area contributed by atoms with Gasteiger partial charge in [-0.15, -0.1) is 11.8 Å². The van der Waals surface area contributed by atoms with Gasteiger partial charge in [-0.3, -0.25) is 0 Å². The molecule has 0 radical (unpaired) electrons. The lowest BCUT2D eigenvalue weighted by Gasteiger charge is -2.17. The molecule has 3 heteroatoms. The minimum absolute atomic E-state index is 0.229. The van der Waals surface area contributed by atoms with E-state index < -0.39 is 0 Å². The molecule has 0 spiro atoms. The molecule has 2 rings (SSSR count). The van der Waals surface area contributed by atoms with Gasteiger partial charge < -0.3 is 0 Å². The number of thioether (sulfide) groups is 1. The molecule has 0 aliphatic carbocycles. The van der Waals surface area contributed by atoms with Crippen molar-refractivity contribution < 1.29 is 0 Å². The summed E-state index contributed by atoms with van der Waals surface area (Å²) in [4.78, 5) is 1.26. The van der Waals surface area contributed by atoms with Gasteiger partial charge in [-0.05, 0) is 36.4 Å². The summed E-state index contributed by atoms with van der Waals surface area (Å²) >= 11 is 1.85. The third-order valence-electron chi connectivity index (χ3n) is 2.30. The Hall–Kier alpha value is -1.61. The fourth-order valence-corrected chi connectivity index (χ4v) is 2.52. The molecule has 0 amide bonds. The summed E-state index contributed by atoms with van der Waals surface area (Å²) in [5.41, 5.74) is 1.75. The van der Waals surface area contributed by atoms with E-state index in [1.807, 2.05) is 54.2 Å². The SMILES string of the molecule is CC(C)(C)Sc1ccc(/N=N/c2ccccc2)cc1. The predicted octanol–water partition coefficient (Wildman–Crippen LogP) is 5.99. The second kappa shape index (κ2) is 6.02. The van der Waals surface area contributed by atoms with Crippen LogP contribution in [0.2, 0.25) is 0 Å². The Bertz CT molecular complexity index is 539. The van der Waals surface area contributed by atoms with E-state index >= 15 is 0 Å². The Morgan fingerprint density at radius 1 is 0.737 bits per heavy atom. The van der Waals surface area contributed by atoms with E-state index in [1.54, 1.807) is 0 Å². The number of rotatable bonds is 3. The quantitative estimate of drug-likeness (QED) is 0.496. The molecule has 0 atom stereocenters. The highest BCUT2D eigenvalue weighted by atomic mass is 32.2. The molecule has 0 saturated carbocycles. The summed E-state index contributed by atoms with van der Waals surface area (Å²) in [6, 6.07) is 17.9. The minimum Gasteiger partial charge on any atom is -0.151 e. The summed E-state index contributed by atoms with van der Waals surface area (Å²) < 4.78 is 0.229. The van der Waals surface area contributed by atoms with Crippen molar-refractivity contribution >= 4 is 23.1 Å². The van der Waals surface area contributed by atoms with Crippen molar-refractivity contribution in [3.8, 4) is 0 Å². The Labute approximate surface area is 119 Å². The van der Waals surface area contributed by atoms with Gasteiger partial charge in [-0.2, -0.15) is 10.2 Å². The van der Waals surface area contributed by atoms with Crippen molar-refractivity contribution in [2.24, 2.45) is 10.2 Å². The molecule has 2 nitrogen and oxygen atoms in total. The number of hydrogen-bond acceptors (Lipinski definition) is 3. The zero-order valence-corrected chi connectivity index (χ0v) is 12.3. The number of azo groups is 1. The summed E-state index contributed by atoms with van der Waals surface area (Å²) in [6.07, 6.45) is 0. The Morgan fingerprint density at radius 2 is 1.26 bits per heavy atom. The van der Waals surface area contributed by atoms with Gasteiger partial charge in [0.2, 0.25) is 0 Å². The van der Waals surface area contributed by atoms with Crippen LogP contribution in [0.3, 0.4) is 0 Å². The van der Waals surface area contributed by atoms with Crippen LogP contribution in [0.4, 0.5) is 11.4 Å². The lowest BCUT2D eigenvalue weighted by Crippen LogP contribution is -2.06. The van der Waals surface area contributed by atoms with Gasteiger partial charge >= 0.3 is 0 Å².